The molecule has 0 heterocycles. The number of nitriles is 1. The van der Waals surface area contributed by atoms with Crippen molar-refractivity contribution in [1.29, 1.82) is 5.26 Å². The molecule has 2 amide bonds. The van der Waals surface area contributed by atoms with Crippen molar-refractivity contribution < 1.29 is 4.79 Å². The van der Waals surface area contributed by atoms with Crippen molar-refractivity contribution in [3.8, 4) is 6.07 Å². The van der Waals surface area contributed by atoms with Crippen LogP contribution in [0.3, 0.4) is 0 Å². The number of urea groups is 1. The summed E-state index contributed by atoms with van der Waals surface area (Å²) in [6.07, 6.45) is 0. The van der Waals surface area contributed by atoms with Crippen LogP contribution >= 0.6 is 12.2 Å². The van der Waals surface area contributed by atoms with Crippen molar-refractivity contribution in [3.05, 3.63) is 0 Å². The highest BCUT2D eigenvalue weighted by molar-refractivity contribution is 7.80. The van der Waals surface area contributed by atoms with Crippen LogP contribution in [0.5, 0.6) is 0 Å². The lowest BCUT2D eigenvalue weighted by Gasteiger charge is -2.05. The third-order valence-corrected chi connectivity index (χ3v) is 0.936. The Morgan fingerprint density at radius 2 is 2.20 bits per heavy atom. The van der Waals surface area contributed by atoms with Crippen molar-refractivity contribution in [3.63, 3.8) is 0 Å². The van der Waals surface area contributed by atoms with E-state index in [1.165, 1.54) is 0 Å². The second-order valence-corrected chi connectivity index (χ2v) is 1.94. The Kier molecular flexibility index (Phi) is 3.14. The van der Waals surface area contributed by atoms with Crippen molar-refractivity contribution >= 4 is 23.2 Å². The molecular formula is C4H6N4OS. The first-order chi connectivity index (χ1) is 4.57. The molecule has 1 atom stereocenters. The molecule has 0 bridgehead atoms. The van der Waals surface area contributed by atoms with E-state index >= 15 is 0 Å². The predicted octanol–water partition coefficient (Wildman–Crippen LogP) is -1.17. The largest absolute Gasteiger partial charge is 0.391 e. The summed E-state index contributed by atoms with van der Waals surface area (Å²) in [5, 5.41) is 10.3. The molecule has 0 aromatic rings. The van der Waals surface area contributed by atoms with Gasteiger partial charge in [0.25, 0.3) is 0 Å². The van der Waals surface area contributed by atoms with E-state index in [1.807, 2.05) is 5.32 Å². The Balaban J connectivity index is 4.00. The SMILES string of the molecule is N#CC(NC(N)=O)C(N)=S. The Bertz CT molecular complexity index is 196. The van der Waals surface area contributed by atoms with Gasteiger partial charge in [0.15, 0.2) is 6.04 Å². The lowest BCUT2D eigenvalue weighted by atomic mass is 10.3. The molecule has 5 nitrogen and oxygen atoms in total. The van der Waals surface area contributed by atoms with Crippen molar-refractivity contribution in [2.24, 2.45) is 11.5 Å². The molecule has 0 radical (unpaired) electrons. The number of carbonyl (C=O) groups is 1. The first kappa shape index (κ1) is 8.65. The van der Waals surface area contributed by atoms with Gasteiger partial charge in [-0.15, -0.1) is 0 Å². The quantitative estimate of drug-likeness (QED) is 0.440. The highest BCUT2D eigenvalue weighted by Crippen LogP contribution is 1.79. The van der Waals surface area contributed by atoms with Crippen LogP contribution in [0, 0.1) is 11.3 Å². The highest BCUT2D eigenvalue weighted by atomic mass is 32.1. The van der Waals surface area contributed by atoms with Crippen LogP contribution in [-0.4, -0.2) is 17.1 Å². The molecule has 54 valence electrons. The molecular weight excluding hydrogens is 152 g/mol. The molecule has 0 saturated heterocycles. The number of carbonyl (C=O) groups excluding carboxylic acids is 1. The number of nitrogens with one attached hydrogen (secondary N) is 1. The Morgan fingerprint density at radius 1 is 1.70 bits per heavy atom. The van der Waals surface area contributed by atoms with E-state index in [1.54, 1.807) is 6.07 Å². The van der Waals surface area contributed by atoms with Crippen LogP contribution in [0.2, 0.25) is 0 Å². The van der Waals surface area contributed by atoms with E-state index in [2.05, 4.69) is 12.2 Å². The smallest absolute Gasteiger partial charge is 0.313 e. The number of primary amides is 1. The monoisotopic (exact) mass is 158 g/mol. The summed E-state index contributed by atoms with van der Waals surface area (Å²) in [6, 6.07) is -0.131. The zero-order chi connectivity index (χ0) is 8.15. The second-order valence-electron chi connectivity index (χ2n) is 1.47. The average Bonchev–Trinajstić information content (AvgIpc) is 1.81. The lowest BCUT2D eigenvalue weighted by molar-refractivity contribution is 0.249. The molecule has 1 unspecified atom stereocenters. The zero-order valence-electron chi connectivity index (χ0n) is 5.00. The van der Waals surface area contributed by atoms with Gasteiger partial charge in [-0.05, 0) is 0 Å². The third-order valence-electron chi connectivity index (χ3n) is 0.700. The van der Waals surface area contributed by atoms with Gasteiger partial charge in [-0.3, -0.25) is 0 Å². The van der Waals surface area contributed by atoms with Crippen molar-refractivity contribution in [1.82, 2.24) is 5.32 Å². The van der Waals surface area contributed by atoms with Crippen LogP contribution in [0.1, 0.15) is 0 Å². The van der Waals surface area contributed by atoms with Gasteiger partial charge >= 0.3 is 6.03 Å². The van der Waals surface area contributed by atoms with Gasteiger partial charge in [-0.1, -0.05) is 12.2 Å². The van der Waals surface area contributed by atoms with Crippen LogP contribution in [0.15, 0.2) is 0 Å². The highest BCUT2D eigenvalue weighted by Gasteiger charge is 2.10. The maximum atomic E-state index is 10.1. The fraction of sp³-hybridized carbons (Fsp3) is 0.250. The Labute approximate surface area is 63.0 Å². The van der Waals surface area contributed by atoms with E-state index < -0.39 is 12.1 Å². The molecule has 0 aromatic heterocycles. The molecule has 0 aromatic carbocycles. The third kappa shape index (κ3) is 2.84. The van der Waals surface area contributed by atoms with Crippen molar-refractivity contribution in [2.75, 3.05) is 0 Å². The molecule has 0 fully saturated rings. The zero-order valence-corrected chi connectivity index (χ0v) is 5.81. The van der Waals surface area contributed by atoms with Gasteiger partial charge < -0.3 is 16.8 Å². The first-order valence-electron chi connectivity index (χ1n) is 2.33. The van der Waals surface area contributed by atoms with E-state index in [9.17, 15) is 4.79 Å². The van der Waals surface area contributed by atoms with Crippen LogP contribution < -0.4 is 16.8 Å². The molecule has 0 aliphatic heterocycles. The minimum absolute atomic E-state index is 0.0960. The normalized spacial score (nSPS) is 11.1. The van der Waals surface area contributed by atoms with Gasteiger partial charge in [-0.2, -0.15) is 5.26 Å². The van der Waals surface area contributed by atoms with Gasteiger partial charge in [0.2, 0.25) is 0 Å². The molecule has 0 saturated carbocycles. The van der Waals surface area contributed by atoms with E-state index in [0.717, 1.165) is 0 Å². The summed E-state index contributed by atoms with van der Waals surface area (Å²) in [5.74, 6) is 0. The first-order valence-corrected chi connectivity index (χ1v) is 2.73. The maximum Gasteiger partial charge on any atom is 0.313 e. The summed E-state index contributed by atoms with van der Waals surface area (Å²) >= 11 is 4.42. The van der Waals surface area contributed by atoms with Crippen LogP contribution in [0.4, 0.5) is 4.79 Å². The number of nitrogens with two attached hydrogens (primary N) is 2. The summed E-state index contributed by atoms with van der Waals surface area (Å²) < 4.78 is 0. The number of rotatable bonds is 2. The van der Waals surface area contributed by atoms with E-state index in [0.29, 0.717) is 0 Å². The number of nitrogens with zero attached hydrogens (tertiary/aromatic N) is 1. The Hall–Kier alpha value is -1.35. The van der Waals surface area contributed by atoms with Gasteiger partial charge in [0, 0.05) is 0 Å². The standard InChI is InChI=1S/C4H6N4OS/c5-1-2(3(6)10)8-4(7)9/h2H,(H2,6,10)(H3,7,8,9). The molecule has 6 heteroatoms. The van der Waals surface area contributed by atoms with Gasteiger partial charge in [0.1, 0.15) is 4.99 Å². The fourth-order valence-electron chi connectivity index (χ4n) is 0.309. The van der Waals surface area contributed by atoms with E-state index in [4.69, 9.17) is 16.7 Å². The van der Waals surface area contributed by atoms with Crippen LogP contribution in [0.25, 0.3) is 0 Å². The van der Waals surface area contributed by atoms with Crippen molar-refractivity contribution in [2.45, 2.75) is 6.04 Å². The minimum atomic E-state index is -0.965. The van der Waals surface area contributed by atoms with Gasteiger partial charge in [0.05, 0.1) is 6.07 Å². The molecule has 0 aliphatic rings. The average molecular weight is 158 g/mol. The molecule has 0 rings (SSSR count). The summed E-state index contributed by atoms with van der Waals surface area (Å²) in [5.41, 5.74) is 9.72. The maximum absolute atomic E-state index is 10.1. The number of hydrogen-bond acceptors (Lipinski definition) is 3. The second kappa shape index (κ2) is 3.63. The topological polar surface area (TPSA) is 105 Å². The van der Waals surface area contributed by atoms with Gasteiger partial charge in [-0.25, -0.2) is 4.79 Å². The molecule has 0 aliphatic carbocycles. The number of thiocarbonyl (C=S) groups is 1. The summed E-state index contributed by atoms with van der Waals surface area (Å²) in [6.45, 7) is 0. The van der Waals surface area contributed by atoms with Crippen LogP contribution in [-0.2, 0) is 0 Å². The molecule has 10 heavy (non-hydrogen) atoms. The molecule has 0 spiro atoms. The predicted molar refractivity (Wildman–Crippen MR) is 38.9 cm³/mol. The summed E-state index contributed by atoms with van der Waals surface area (Å²) in [4.78, 5) is 10.0. The number of amides is 2. The minimum Gasteiger partial charge on any atom is -0.391 e. The lowest BCUT2D eigenvalue weighted by Crippen LogP contribution is -2.44. The Morgan fingerprint density at radius 3 is 2.30 bits per heavy atom. The number of hydrogen-bond donors (Lipinski definition) is 3. The van der Waals surface area contributed by atoms with E-state index in [-0.39, 0.29) is 4.99 Å². The molecule has 5 N–H and O–H groups in total. The fourth-order valence-corrected chi connectivity index (χ4v) is 0.421. The summed E-state index contributed by atoms with van der Waals surface area (Å²) in [7, 11) is 0.